The van der Waals surface area contributed by atoms with Crippen molar-refractivity contribution in [1.82, 2.24) is 30.2 Å². The molecule has 0 radical (unpaired) electrons. The Morgan fingerprint density at radius 1 is 0.975 bits per heavy atom. The summed E-state index contributed by atoms with van der Waals surface area (Å²) < 4.78 is 0. The Hall–Kier alpha value is -3.18. The van der Waals surface area contributed by atoms with Crippen molar-refractivity contribution in [2.24, 2.45) is 5.92 Å². The summed E-state index contributed by atoms with van der Waals surface area (Å²) in [5.74, 6) is -0.147. The van der Waals surface area contributed by atoms with Crippen molar-refractivity contribution in [1.29, 1.82) is 0 Å². The van der Waals surface area contributed by atoms with Crippen LogP contribution in [0.2, 0.25) is 0 Å². The van der Waals surface area contributed by atoms with Gasteiger partial charge < -0.3 is 35.1 Å². The smallest absolute Gasteiger partial charge is 0.320 e. The first-order chi connectivity index (χ1) is 19.3. The molecule has 4 amide bonds. The highest BCUT2D eigenvalue weighted by molar-refractivity contribution is 5.97. The minimum atomic E-state index is -0.528. The van der Waals surface area contributed by atoms with Crippen LogP contribution in [0.4, 0.5) is 10.5 Å². The lowest BCUT2D eigenvalue weighted by Crippen LogP contribution is -2.53. The monoisotopic (exact) mass is 553 g/mol. The van der Waals surface area contributed by atoms with E-state index in [0.29, 0.717) is 51.0 Å². The summed E-state index contributed by atoms with van der Waals surface area (Å²) in [5, 5.41) is 6.22. The third-order valence-electron chi connectivity index (χ3n) is 8.82. The molecule has 4 fully saturated rings. The predicted octanol–water partition coefficient (Wildman–Crippen LogP) is 0.464. The maximum Gasteiger partial charge on any atom is 0.320 e. The Bertz CT molecular complexity index is 1080. The molecule has 0 aliphatic carbocycles. The normalized spacial score (nSPS) is 24.3. The van der Waals surface area contributed by atoms with Crippen LogP contribution >= 0.6 is 0 Å². The average molecular weight is 554 g/mol. The third-order valence-corrected chi connectivity index (χ3v) is 8.82. The van der Waals surface area contributed by atoms with E-state index in [4.69, 9.17) is 0 Å². The number of likely N-dealkylation sites (N-methyl/N-ethyl adjacent to an activating group) is 1. The fourth-order valence-electron chi connectivity index (χ4n) is 6.34. The lowest BCUT2D eigenvalue weighted by molar-refractivity contribution is -0.137. The van der Waals surface area contributed by atoms with Crippen LogP contribution in [0.25, 0.3) is 0 Å². The number of nitrogens with zero attached hydrogens (tertiary/aromatic N) is 5. The Morgan fingerprint density at radius 3 is 2.38 bits per heavy atom. The van der Waals surface area contributed by atoms with E-state index >= 15 is 0 Å². The van der Waals surface area contributed by atoms with Crippen molar-refractivity contribution >= 4 is 29.3 Å². The van der Waals surface area contributed by atoms with Gasteiger partial charge in [0.1, 0.15) is 6.04 Å². The van der Waals surface area contributed by atoms with Gasteiger partial charge in [-0.1, -0.05) is 6.92 Å². The van der Waals surface area contributed by atoms with Gasteiger partial charge in [0.2, 0.25) is 5.91 Å². The number of likely N-dealkylation sites (tertiary alicyclic amines) is 2. The number of Topliss-reactive ketones (excluding diaryl/α,β-unsaturated/α-hetero) is 1. The minimum absolute atomic E-state index is 0.0436. The van der Waals surface area contributed by atoms with Gasteiger partial charge in [-0.2, -0.15) is 0 Å². The minimum Gasteiger partial charge on any atom is -0.369 e. The lowest BCUT2D eigenvalue weighted by Gasteiger charge is -2.34. The molecule has 11 heteroatoms. The average Bonchev–Trinajstić information content (AvgIpc) is 3.55. The maximum atomic E-state index is 13.2. The van der Waals surface area contributed by atoms with Crippen molar-refractivity contribution in [3.63, 3.8) is 0 Å². The van der Waals surface area contributed by atoms with Gasteiger partial charge in [-0.3, -0.25) is 14.4 Å². The molecule has 40 heavy (non-hydrogen) atoms. The Kier molecular flexibility index (Phi) is 8.90. The number of hydrogen-bond acceptors (Lipinski definition) is 7. The van der Waals surface area contributed by atoms with Gasteiger partial charge in [-0.25, -0.2) is 4.79 Å². The maximum absolute atomic E-state index is 13.2. The molecule has 1 aromatic rings. The molecule has 2 N–H and O–H groups in total. The van der Waals surface area contributed by atoms with Crippen LogP contribution in [0.1, 0.15) is 36.5 Å². The van der Waals surface area contributed by atoms with Crippen LogP contribution in [-0.2, 0) is 9.59 Å². The van der Waals surface area contributed by atoms with Crippen LogP contribution in [0.3, 0.4) is 0 Å². The SMILES string of the molecule is CC(CCNC(=O)c1ccc(N2CCN(C)CC2)cc1)CC(=O)N1CCC2C1C(=O)CN2C(=O)N1CCNCC1. The van der Waals surface area contributed by atoms with Crippen LogP contribution in [0, 0.1) is 5.92 Å². The summed E-state index contributed by atoms with van der Waals surface area (Å²) in [4.78, 5) is 61.6. The number of fused-ring (bicyclic) bond motifs is 1. The number of piperazine rings is 2. The lowest BCUT2D eigenvalue weighted by atomic mass is 10.0. The van der Waals surface area contributed by atoms with E-state index in [1.54, 1.807) is 14.7 Å². The van der Waals surface area contributed by atoms with E-state index < -0.39 is 6.04 Å². The molecule has 0 saturated carbocycles. The van der Waals surface area contributed by atoms with E-state index in [1.165, 1.54) is 0 Å². The molecular weight excluding hydrogens is 510 g/mol. The fraction of sp³-hybridized carbons (Fsp3) is 0.655. The van der Waals surface area contributed by atoms with Gasteiger partial charge in [0.05, 0.1) is 12.6 Å². The van der Waals surface area contributed by atoms with Crippen LogP contribution < -0.4 is 15.5 Å². The molecule has 4 aliphatic heterocycles. The van der Waals surface area contributed by atoms with Gasteiger partial charge in [-0.05, 0) is 50.1 Å². The number of carbonyl (C=O) groups excluding carboxylic acids is 4. The van der Waals surface area contributed by atoms with E-state index in [1.807, 2.05) is 31.2 Å². The van der Waals surface area contributed by atoms with Crippen molar-refractivity contribution in [3.8, 4) is 0 Å². The van der Waals surface area contributed by atoms with E-state index in [9.17, 15) is 19.2 Å². The highest BCUT2D eigenvalue weighted by Crippen LogP contribution is 2.31. The fourth-order valence-corrected chi connectivity index (χ4v) is 6.34. The molecule has 0 bridgehead atoms. The topological polar surface area (TPSA) is 109 Å². The van der Waals surface area contributed by atoms with Crippen molar-refractivity contribution in [3.05, 3.63) is 29.8 Å². The molecule has 1 aromatic carbocycles. The highest BCUT2D eigenvalue weighted by Gasteiger charge is 2.52. The summed E-state index contributed by atoms with van der Waals surface area (Å²) in [6.45, 7) is 9.89. The number of carbonyl (C=O) groups is 4. The number of hydrogen-bond donors (Lipinski definition) is 2. The molecule has 3 atom stereocenters. The zero-order valence-corrected chi connectivity index (χ0v) is 23.8. The second-order valence-electron chi connectivity index (χ2n) is 11.7. The number of ketones is 1. The van der Waals surface area contributed by atoms with E-state index in [0.717, 1.165) is 45.0 Å². The van der Waals surface area contributed by atoms with E-state index in [2.05, 4.69) is 27.5 Å². The quantitative estimate of drug-likeness (QED) is 0.505. The molecule has 4 heterocycles. The summed E-state index contributed by atoms with van der Waals surface area (Å²) in [6.07, 6.45) is 1.62. The number of nitrogens with one attached hydrogen (secondary N) is 2. The molecule has 4 aliphatic rings. The third kappa shape index (κ3) is 6.25. The molecule has 0 spiro atoms. The summed E-state index contributed by atoms with van der Waals surface area (Å²) in [6, 6.07) is 6.91. The van der Waals surface area contributed by atoms with Crippen molar-refractivity contribution < 1.29 is 19.2 Å². The molecule has 3 unspecified atom stereocenters. The molecular formula is C29H43N7O4. The largest absolute Gasteiger partial charge is 0.369 e. The van der Waals surface area contributed by atoms with Gasteiger partial charge in [0, 0.05) is 83.1 Å². The van der Waals surface area contributed by atoms with Crippen molar-refractivity contribution in [2.75, 3.05) is 83.9 Å². The molecule has 11 nitrogen and oxygen atoms in total. The molecule has 4 saturated heterocycles. The highest BCUT2D eigenvalue weighted by atomic mass is 16.2. The standard InChI is InChI=1S/C29H43N7O4/c1-21(7-9-31-28(39)22-3-5-23(6-4-22)33-17-15-32(2)16-18-33)19-26(38)35-12-8-24-27(35)25(37)20-36(24)29(40)34-13-10-30-11-14-34/h3-6,21,24,27,30H,7-20H2,1-2H3,(H,31,39). The first-order valence-electron chi connectivity index (χ1n) is 14.7. The van der Waals surface area contributed by atoms with Crippen LogP contribution in [-0.4, -0.2) is 134 Å². The van der Waals surface area contributed by atoms with Crippen LogP contribution in [0.5, 0.6) is 0 Å². The number of amides is 4. The van der Waals surface area contributed by atoms with Gasteiger partial charge in [0.15, 0.2) is 5.78 Å². The van der Waals surface area contributed by atoms with Gasteiger partial charge in [0.25, 0.3) is 5.91 Å². The first-order valence-corrected chi connectivity index (χ1v) is 14.7. The van der Waals surface area contributed by atoms with Crippen LogP contribution in [0.15, 0.2) is 24.3 Å². The second kappa shape index (κ2) is 12.6. The molecule has 218 valence electrons. The Labute approximate surface area is 236 Å². The zero-order valence-electron chi connectivity index (χ0n) is 23.8. The predicted molar refractivity (Wildman–Crippen MR) is 152 cm³/mol. The molecule has 5 rings (SSSR count). The number of rotatable bonds is 7. The number of benzene rings is 1. The zero-order chi connectivity index (χ0) is 28.2. The Morgan fingerprint density at radius 2 is 1.68 bits per heavy atom. The number of anilines is 1. The van der Waals surface area contributed by atoms with Gasteiger partial charge >= 0.3 is 6.03 Å². The summed E-state index contributed by atoms with van der Waals surface area (Å²) in [5.41, 5.74) is 1.77. The number of urea groups is 1. The van der Waals surface area contributed by atoms with E-state index in [-0.39, 0.29) is 42.1 Å². The first kappa shape index (κ1) is 28.4. The summed E-state index contributed by atoms with van der Waals surface area (Å²) in [7, 11) is 2.13. The van der Waals surface area contributed by atoms with Gasteiger partial charge in [-0.15, -0.1) is 0 Å². The Balaban J connectivity index is 1.06. The summed E-state index contributed by atoms with van der Waals surface area (Å²) >= 11 is 0. The van der Waals surface area contributed by atoms with Crippen molar-refractivity contribution in [2.45, 2.75) is 38.3 Å². The second-order valence-corrected chi connectivity index (χ2v) is 11.7. The molecule has 0 aromatic heterocycles.